The van der Waals surface area contributed by atoms with Crippen molar-refractivity contribution in [3.05, 3.63) is 106 Å². The molecule has 8 heteroatoms. The third-order valence-corrected chi connectivity index (χ3v) is 8.07. The summed E-state index contributed by atoms with van der Waals surface area (Å²) in [5.74, 6) is -0.678. The lowest BCUT2D eigenvalue weighted by molar-refractivity contribution is -0.577. The van der Waals surface area contributed by atoms with Gasteiger partial charge in [-0.2, -0.15) is 13.0 Å². The molecule has 35 heavy (non-hydrogen) atoms. The summed E-state index contributed by atoms with van der Waals surface area (Å²) in [6.07, 6.45) is 10.7. The molecule has 2 aromatic carbocycles. The van der Waals surface area contributed by atoms with E-state index in [9.17, 15) is 18.3 Å². The number of halogens is 1. The predicted octanol–water partition coefficient (Wildman–Crippen LogP) is 4.27. The van der Waals surface area contributed by atoms with Gasteiger partial charge in [0.25, 0.3) is 10.0 Å². The first-order chi connectivity index (χ1) is 16.8. The van der Waals surface area contributed by atoms with Crippen molar-refractivity contribution in [3.8, 4) is 0 Å². The number of carbonyl (C=O) groups is 1. The SMILES string of the molecule is O=C1/C(=N\S(=O)(=O)c2ccc(Br)cc2)C([n+]2ccc(C3CC=CCC3)cc2)=C([O-])c2ccccc21. The molecule has 1 aromatic heterocycles. The molecular weight excluding hydrogens is 528 g/mol. The van der Waals surface area contributed by atoms with Gasteiger partial charge in [0, 0.05) is 22.2 Å². The van der Waals surface area contributed by atoms with Crippen LogP contribution in [0.5, 0.6) is 0 Å². The molecule has 1 unspecified atom stereocenters. The fourth-order valence-electron chi connectivity index (χ4n) is 4.41. The standard InChI is InChI=1S/C27H21BrN2O4S/c28-20-10-12-21(13-11-20)35(33,34)29-24-25(27(32)23-9-5-4-8-22(23)26(24)31)30-16-14-19(15-17-30)18-6-2-1-3-7-18/h1-2,4-5,8-18H,3,6-7H2. The number of allylic oxidation sites excluding steroid dienone is 3. The molecule has 0 fully saturated rings. The van der Waals surface area contributed by atoms with E-state index in [1.165, 1.54) is 22.8 Å². The Kier molecular flexibility index (Phi) is 6.25. The molecule has 6 nitrogen and oxygen atoms in total. The van der Waals surface area contributed by atoms with Crippen molar-refractivity contribution < 1.29 is 22.9 Å². The van der Waals surface area contributed by atoms with Crippen molar-refractivity contribution in [3.63, 3.8) is 0 Å². The highest BCUT2D eigenvalue weighted by atomic mass is 79.9. The minimum atomic E-state index is -4.25. The van der Waals surface area contributed by atoms with Gasteiger partial charge in [-0.25, -0.2) is 0 Å². The average molecular weight is 549 g/mol. The van der Waals surface area contributed by atoms with Crippen LogP contribution in [0.2, 0.25) is 0 Å². The Morgan fingerprint density at radius 3 is 2.29 bits per heavy atom. The molecule has 5 rings (SSSR count). The van der Waals surface area contributed by atoms with Gasteiger partial charge in [-0.15, -0.1) is 4.40 Å². The Balaban J connectivity index is 1.65. The number of carbonyl (C=O) groups excluding carboxylic acids is 1. The number of hydrogen-bond acceptors (Lipinski definition) is 4. The minimum absolute atomic E-state index is 0.0719. The number of aromatic nitrogens is 1. The zero-order chi connectivity index (χ0) is 24.6. The summed E-state index contributed by atoms with van der Waals surface area (Å²) in [5, 5.41) is 13.5. The largest absolute Gasteiger partial charge is 0.867 e. The fourth-order valence-corrected chi connectivity index (χ4v) is 5.67. The number of rotatable bonds is 4. The lowest BCUT2D eigenvalue weighted by atomic mass is 9.88. The highest BCUT2D eigenvalue weighted by Gasteiger charge is 2.35. The van der Waals surface area contributed by atoms with Crippen LogP contribution in [0.1, 0.15) is 46.7 Å². The summed E-state index contributed by atoms with van der Waals surface area (Å²) in [6.45, 7) is 0. The summed E-state index contributed by atoms with van der Waals surface area (Å²) in [6, 6.07) is 16.2. The molecule has 0 N–H and O–H groups in total. The van der Waals surface area contributed by atoms with Gasteiger partial charge in [0.15, 0.2) is 18.1 Å². The van der Waals surface area contributed by atoms with Crippen molar-refractivity contribution >= 4 is 48.9 Å². The van der Waals surface area contributed by atoms with Gasteiger partial charge in [0.05, 0.1) is 4.90 Å². The maximum absolute atomic E-state index is 13.5. The Morgan fingerprint density at radius 2 is 1.63 bits per heavy atom. The minimum Gasteiger partial charge on any atom is -0.867 e. The maximum Gasteiger partial charge on any atom is 0.283 e. The van der Waals surface area contributed by atoms with Crippen LogP contribution >= 0.6 is 15.9 Å². The van der Waals surface area contributed by atoms with Crippen LogP contribution in [0.15, 0.2) is 99.0 Å². The molecule has 0 saturated heterocycles. The van der Waals surface area contributed by atoms with E-state index < -0.39 is 27.3 Å². The Hall–Kier alpha value is -3.36. The summed E-state index contributed by atoms with van der Waals surface area (Å²) < 4.78 is 32.3. The third kappa shape index (κ3) is 4.51. The first-order valence-corrected chi connectivity index (χ1v) is 13.4. The van der Waals surface area contributed by atoms with E-state index in [4.69, 9.17) is 0 Å². The van der Waals surface area contributed by atoms with Crippen LogP contribution in [0.3, 0.4) is 0 Å². The smallest absolute Gasteiger partial charge is 0.283 e. The highest BCUT2D eigenvalue weighted by Crippen LogP contribution is 2.30. The van der Waals surface area contributed by atoms with Gasteiger partial charge in [-0.05, 0) is 66.3 Å². The van der Waals surface area contributed by atoms with Gasteiger partial charge in [0.1, 0.15) is 0 Å². The third-order valence-electron chi connectivity index (χ3n) is 6.25. The van der Waals surface area contributed by atoms with E-state index in [0.29, 0.717) is 10.4 Å². The van der Waals surface area contributed by atoms with Crippen molar-refractivity contribution in [1.82, 2.24) is 0 Å². The first-order valence-electron chi connectivity index (χ1n) is 11.2. The molecule has 1 heterocycles. The number of pyridine rings is 1. The van der Waals surface area contributed by atoms with Gasteiger partial charge in [-0.3, -0.25) is 4.79 Å². The van der Waals surface area contributed by atoms with E-state index in [2.05, 4.69) is 32.5 Å². The van der Waals surface area contributed by atoms with Crippen molar-refractivity contribution in [1.29, 1.82) is 0 Å². The number of benzene rings is 2. The molecule has 0 saturated carbocycles. The summed E-state index contributed by atoms with van der Waals surface area (Å²) >= 11 is 3.28. The Morgan fingerprint density at radius 1 is 0.943 bits per heavy atom. The number of fused-ring (bicyclic) bond motifs is 1. The summed E-state index contributed by atoms with van der Waals surface area (Å²) in [4.78, 5) is 13.4. The van der Waals surface area contributed by atoms with Crippen LogP contribution < -0.4 is 9.67 Å². The molecule has 0 bridgehead atoms. The monoisotopic (exact) mass is 548 g/mol. The fraction of sp³-hybridized carbons (Fsp3) is 0.148. The molecule has 176 valence electrons. The molecule has 2 aliphatic rings. The molecule has 1 atom stereocenters. The van der Waals surface area contributed by atoms with Gasteiger partial charge < -0.3 is 5.11 Å². The second-order valence-corrected chi connectivity index (χ2v) is 11.0. The van der Waals surface area contributed by atoms with E-state index in [1.807, 2.05) is 12.1 Å². The van der Waals surface area contributed by atoms with Crippen LogP contribution in [0.25, 0.3) is 11.5 Å². The molecular formula is C27H21BrN2O4S. The van der Waals surface area contributed by atoms with Gasteiger partial charge in [-0.1, -0.05) is 52.3 Å². The Labute approximate surface area is 212 Å². The number of hydrogen-bond donors (Lipinski definition) is 0. The average Bonchev–Trinajstić information content (AvgIpc) is 2.88. The molecule has 2 aliphatic carbocycles. The second-order valence-electron chi connectivity index (χ2n) is 8.44. The van der Waals surface area contributed by atoms with Crippen molar-refractivity contribution in [2.24, 2.45) is 4.40 Å². The molecule has 0 spiro atoms. The molecule has 0 radical (unpaired) electrons. The predicted molar refractivity (Wildman–Crippen MR) is 135 cm³/mol. The number of sulfonamides is 1. The molecule has 0 aliphatic heterocycles. The number of nitrogens with zero attached hydrogens (tertiary/aromatic N) is 2. The Bertz CT molecular complexity index is 1510. The lowest BCUT2D eigenvalue weighted by Crippen LogP contribution is -2.43. The van der Waals surface area contributed by atoms with E-state index in [-0.39, 0.29) is 21.7 Å². The zero-order valence-corrected chi connectivity index (χ0v) is 21.0. The van der Waals surface area contributed by atoms with Crippen molar-refractivity contribution in [2.75, 3.05) is 0 Å². The summed E-state index contributed by atoms with van der Waals surface area (Å²) in [5.41, 5.74) is 1.01. The normalized spacial score (nSPS) is 19.2. The van der Waals surface area contributed by atoms with E-state index >= 15 is 0 Å². The van der Waals surface area contributed by atoms with Crippen molar-refractivity contribution in [2.45, 2.75) is 30.1 Å². The molecule has 3 aromatic rings. The van der Waals surface area contributed by atoms with Crippen LogP contribution in [-0.4, -0.2) is 19.9 Å². The number of Topliss-reactive ketones (excluding diaryl/α,β-unsaturated/α-hetero) is 1. The molecule has 0 amide bonds. The van der Waals surface area contributed by atoms with Crippen LogP contribution in [-0.2, 0) is 10.0 Å². The number of ketones is 1. The quantitative estimate of drug-likeness (QED) is 0.359. The zero-order valence-electron chi connectivity index (χ0n) is 18.6. The first kappa shape index (κ1) is 23.4. The van der Waals surface area contributed by atoms with E-state index in [1.54, 1.807) is 42.7 Å². The highest BCUT2D eigenvalue weighted by molar-refractivity contribution is 9.10. The topological polar surface area (TPSA) is 90.5 Å². The van der Waals surface area contributed by atoms with Crippen LogP contribution in [0.4, 0.5) is 0 Å². The van der Waals surface area contributed by atoms with E-state index in [0.717, 1.165) is 24.8 Å². The van der Waals surface area contributed by atoms with Crippen LogP contribution in [0, 0.1) is 0 Å². The maximum atomic E-state index is 13.5. The summed E-state index contributed by atoms with van der Waals surface area (Å²) in [7, 11) is -4.25. The lowest BCUT2D eigenvalue weighted by Gasteiger charge is -2.23. The second kappa shape index (κ2) is 9.36. The van der Waals surface area contributed by atoms with Gasteiger partial charge in [0.2, 0.25) is 11.5 Å². The van der Waals surface area contributed by atoms with Gasteiger partial charge >= 0.3 is 0 Å².